The highest BCUT2D eigenvalue weighted by atomic mass is 35.5. The predicted molar refractivity (Wildman–Crippen MR) is 169 cm³/mol. The smallest absolute Gasteiger partial charge is 0.307 e. The van der Waals surface area contributed by atoms with Crippen LogP contribution in [0, 0.1) is 5.92 Å². The molecule has 3 aromatic carbocycles. The van der Waals surface area contributed by atoms with E-state index < -0.39 is 17.5 Å². The van der Waals surface area contributed by atoms with Crippen molar-refractivity contribution < 1.29 is 15.0 Å². The molecule has 0 aliphatic carbocycles. The lowest BCUT2D eigenvalue weighted by Gasteiger charge is -2.26. The van der Waals surface area contributed by atoms with Crippen LogP contribution in [0.15, 0.2) is 78.9 Å². The first-order chi connectivity index (χ1) is 19.0. The Labute approximate surface area is 246 Å². The molecule has 0 amide bonds. The van der Waals surface area contributed by atoms with Gasteiger partial charge in [0.25, 0.3) is 0 Å². The average molecular weight is 574 g/mol. The number of carboxylic acids is 1. The van der Waals surface area contributed by atoms with Gasteiger partial charge in [-0.05, 0) is 73.2 Å². The van der Waals surface area contributed by atoms with E-state index >= 15 is 0 Å². The summed E-state index contributed by atoms with van der Waals surface area (Å²) in [7, 11) is 0. The zero-order valence-corrected chi connectivity index (χ0v) is 24.9. The van der Waals surface area contributed by atoms with Crippen molar-refractivity contribution in [2.24, 2.45) is 5.92 Å². The number of pyridine rings is 1. The predicted octanol–water partition coefficient (Wildman–Crippen LogP) is 8.80. The number of aliphatic carboxylic acids is 1. The summed E-state index contributed by atoms with van der Waals surface area (Å²) in [5.74, 6) is -1.25. The Morgan fingerprint density at radius 3 is 2.50 bits per heavy atom. The van der Waals surface area contributed by atoms with E-state index in [0.717, 1.165) is 51.7 Å². The van der Waals surface area contributed by atoms with Gasteiger partial charge in [0.1, 0.15) is 0 Å². The van der Waals surface area contributed by atoms with Crippen LogP contribution in [0.25, 0.3) is 23.1 Å². The third-order valence-corrected chi connectivity index (χ3v) is 9.14. The van der Waals surface area contributed by atoms with Gasteiger partial charge >= 0.3 is 5.97 Å². The van der Waals surface area contributed by atoms with E-state index in [1.807, 2.05) is 81.4 Å². The molecule has 0 bridgehead atoms. The Morgan fingerprint density at radius 2 is 1.75 bits per heavy atom. The zero-order chi connectivity index (χ0) is 28.9. The number of thioether (sulfide) groups is 1. The van der Waals surface area contributed by atoms with Crippen LogP contribution < -0.4 is 0 Å². The highest BCUT2D eigenvalue weighted by molar-refractivity contribution is 8.00. The maximum absolute atomic E-state index is 11.7. The molecule has 3 atom stereocenters. The molecule has 4 rings (SSSR count). The number of aryl methyl sites for hydroxylation is 1. The molecule has 4 aromatic rings. The second-order valence-corrected chi connectivity index (χ2v) is 12.8. The Hall–Kier alpha value is -3.12. The molecular weight excluding hydrogens is 538 g/mol. The van der Waals surface area contributed by atoms with Crippen molar-refractivity contribution in [3.05, 3.63) is 112 Å². The van der Waals surface area contributed by atoms with Crippen LogP contribution in [0.3, 0.4) is 0 Å². The maximum atomic E-state index is 11.7. The van der Waals surface area contributed by atoms with E-state index in [4.69, 9.17) is 16.6 Å². The molecule has 1 heterocycles. The summed E-state index contributed by atoms with van der Waals surface area (Å²) in [6.07, 6.45) is 5.64. The number of aliphatic hydroxyl groups is 1. The fourth-order valence-corrected chi connectivity index (χ4v) is 6.35. The number of hydrogen-bond donors (Lipinski definition) is 2. The van der Waals surface area contributed by atoms with Crippen LogP contribution in [-0.4, -0.2) is 26.4 Å². The van der Waals surface area contributed by atoms with Crippen molar-refractivity contribution in [1.82, 2.24) is 4.98 Å². The molecule has 0 radical (unpaired) electrons. The first-order valence-corrected chi connectivity index (χ1v) is 14.9. The van der Waals surface area contributed by atoms with Gasteiger partial charge in [0.2, 0.25) is 0 Å². The highest BCUT2D eigenvalue weighted by Gasteiger charge is 2.26. The van der Waals surface area contributed by atoms with Crippen molar-refractivity contribution in [3.63, 3.8) is 0 Å². The molecule has 0 saturated heterocycles. The number of aromatic nitrogens is 1. The number of hydrogen-bond acceptors (Lipinski definition) is 4. The van der Waals surface area contributed by atoms with Gasteiger partial charge in [-0.25, -0.2) is 4.98 Å². The van der Waals surface area contributed by atoms with Gasteiger partial charge in [0.05, 0.1) is 22.7 Å². The minimum Gasteiger partial charge on any atom is -0.481 e. The number of benzene rings is 3. The molecular formula is C34H36ClNO3S. The van der Waals surface area contributed by atoms with E-state index in [-0.39, 0.29) is 10.5 Å². The Morgan fingerprint density at radius 1 is 1.00 bits per heavy atom. The van der Waals surface area contributed by atoms with Gasteiger partial charge in [-0.2, -0.15) is 0 Å². The van der Waals surface area contributed by atoms with Crippen LogP contribution >= 0.6 is 23.4 Å². The summed E-state index contributed by atoms with van der Waals surface area (Å²) in [5.41, 5.74) is 5.00. The Kier molecular flexibility index (Phi) is 9.72. The van der Waals surface area contributed by atoms with Gasteiger partial charge < -0.3 is 10.2 Å². The minimum absolute atomic E-state index is 0.0696. The number of fused-ring (bicyclic) bond motifs is 1. The number of carbonyl (C=O) groups is 1. The van der Waals surface area contributed by atoms with E-state index in [0.29, 0.717) is 5.02 Å². The molecule has 0 saturated carbocycles. The van der Waals surface area contributed by atoms with Gasteiger partial charge in [-0.1, -0.05) is 92.2 Å². The topological polar surface area (TPSA) is 70.4 Å². The van der Waals surface area contributed by atoms with E-state index in [9.17, 15) is 15.0 Å². The minimum atomic E-state index is -0.933. The monoisotopic (exact) mass is 573 g/mol. The lowest BCUT2D eigenvalue weighted by atomic mass is 9.90. The molecule has 6 heteroatoms. The van der Waals surface area contributed by atoms with Crippen LogP contribution in [0.5, 0.6) is 0 Å². The molecule has 0 spiro atoms. The quantitative estimate of drug-likeness (QED) is 0.187. The van der Waals surface area contributed by atoms with Crippen molar-refractivity contribution in [2.75, 3.05) is 0 Å². The second kappa shape index (κ2) is 13.0. The number of carboxylic acid groups (broad SMARTS) is 1. The van der Waals surface area contributed by atoms with Gasteiger partial charge in [0, 0.05) is 20.9 Å². The summed E-state index contributed by atoms with van der Waals surface area (Å²) in [6, 6.07) is 26.1. The summed E-state index contributed by atoms with van der Waals surface area (Å²) in [5, 5.41) is 22.0. The normalized spacial score (nSPS) is 14.3. The van der Waals surface area contributed by atoms with Crippen molar-refractivity contribution >= 4 is 52.4 Å². The molecule has 0 fully saturated rings. The standard InChI is InChI=1S/C34H36ClNO3S/c1-22(33(37)38)23(2)40-32(19-15-25-9-5-6-11-30(25)34(3,4)39)27-10-7-8-24(20-27)12-17-29-18-14-26-13-16-28(35)21-31(26)36-29/h5-14,16-18,20-23,32,39H,15,19H2,1-4H3,(H,37,38)/t22?,23?,32-/m1/s1. The van der Waals surface area contributed by atoms with Gasteiger partial charge in [-0.3, -0.25) is 4.79 Å². The van der Waals surface area contributed by atoms with E-state index in [1.165, 1.54) is 0 Å². The molecule has 1 aromatic heterocycles. The summed E-state index contributed by atoms with van der Waals surface area (Å²) >= 11 is 7.85. The summed E-state index contributed by atoms with van der Waals surface area (Å²) < 4.78 is 0. The fraction of sp³-hybridized carbons (Fsp3) is 0.294. The second-order valence-electron chi connectivity index (χ2n) is 10.8. The lowest BCUT2D eigenvalue weighted by Crippen LogP contribution is -2.21. The average Bonchev–Trinajstić information content (AvgIpc) is 2.93. The Balaban J connectivity index is 1.59. The van der Waals surface area contributed by atoms with Crippen LogP contribution in [0.1, 0.15) is 67.3 Å². The largest absolute Gasteiger partial charge is 0.481 e. The molecule has 2 N–H and O–H groups in total. The number of nitrogens with zero attached hydrogens (tertiary/aromatic N) is 1. The lowest BCUT2D eigenvalue weighted by molar-refractivity contribution is -0.140. The van der Waals surface area contributed by atoms with Crippen molar-refractivity contribution in [1.29, 1.82) is 0 Å². The molecule has 0 aliphatic rings. The van der Waals surface area contributed by atoms with Gasteiger partial charge in [-0.15, -0.1) is 11.8 Å². The maximum Gasteiger partial charge on any atom is 0.307 e. The number of rotatable bonds is 11. The summed E-state index contributed by atoms with van der Waals surface area (Å²) in [4.78, 5) is 16.4. The van der Waals surface area contributed by atoms with Crippen LogP contribution in [0.2, 0.25) is 5.02 Å². The SMILES string of the molecule is CC(S[C@H](CCc1ccccc1C(C)(C)O)c1cccc(C=Cc2ccc3ccc(Cl)cc3n2)c1)C(C)C(=O)O. The first-order valence-electron chi connectivity index (χ1n) is 13.5. The zero-order valence-electron chi connectivity index (χ0n) is 23.3. The third-order valence-electron chi connectivity index (χ3n) is 7.23. The fourth-order valence-electron chi connectivity index (χ4n) is 4.76. The molecule has 0 aliphatic heterocycles. The van der Waals surface area contributed by atoms with Crippen molar-refractivity contribution in [3.8, 4) is 0 Å². The molecule has 4 nitrogen and oxygen atoms in total. The highest BCUT2D eigenvalue weighted by Crippen LogP contribution is 2.40. The van der Waals surface area contributed by atoms with E-state index in [2.05, 4.69) is 30.3 Å². The molecule has 40 heavy (non-hydrogen) atoms. The molecule has 208 valence electrons. The van der Waals surface area contributed by atoms with Gasteiger partial charge in [0.15, 0.2) is 0 Å². The number of halogens is 1. The van der Waals surface area contributed by atoms with Crippen LogP contribution in [-0.2, 0) is 16.8 Å². The van der Waals surface area contributed by atoms with Crippen molar-refractivity contribution in [2.45, 2.75) is 56.6 Å². The first kappa shape index (κ1) is 29.9. The van der Waals surface area contributed by atoms with Crippen LogP contribution in [0.4, 0.5) is 0 Å². The molecule has 2 unspecified atom stereocenters. The summed E-state index contributed by atoms with van der Waals surface area (Å²) in [6.45, 7) is 7.37. The Bertz CT molecular complexity index is 1510. The van der Waals surface area contributed by atoms with E-state index in [1.54, 1.807) is 18.7 Å². The third kappa shape index (κ3) is 7.75.